The molecule has 0 aliphatic rings. The molecule has 0 bridgehead atoms. The summed E-state index contributed by atoms with van der Waals surface area (Å²) in [5.74, 6) is 0.912. The zero-order chi connectivity index (χ0) is 14.2. The van der Waals surface area contributed by atoms with Crippen molar-refractivity contribution in [2.75, 3.05) is 6.61 Å². The molecule has 0 aliphatic heterocycles. The highest BCUT2D eigenvalue weighted by atomic mass is 16.5. The molecule has 0 heterocycles. The summed E-state index contributed by atoms with van der Waals surface area (Å²) < 4.78 is 5.88. The van der Waals surface area contributed by atoms with Crippen molar-refractivity contribution in [3.63, 3.8) is 0 Å². The van der Waals surface area contributed by atoms with Gasteiger partial charge in [0.1, 0.15) is 12.0 Å². The zero-order valence-electron chi connectivity index (χ0n) is 12.1. The van der Waals surface area contributed by atoms with Gasteiger partial charge in [-0.05, 0) is 30.0 Å². The number of hydrogen-bond donors (Lipinski definition) is 0. The van der Waals surface area contributed by atoms with E-state index < -0.39 is 0 Å². The molecule has 2 aromatic carbocycles. The third-order valence-corrected chi connectivity index (χ3v) is 3.51. The Hall–Kier alpha value is -1.83. The van der Waals surface area contributed by atoms with Crippen molar-refractivity contribution in [1.29, 1.82) is 0 Å². The molecule has 0 fully saturated rings. The maximum atomic E-state index is 10.8. The topological polar surface area (TPSA) is 26.3 Å². The lowest BCUT2D eigenvalue weighted by atomic mass is 10.1. The van der Waals surface area contributed by atoms with Gasteiger partial charge in [-0.15, -0.1) is 0 Å². The van der Waals surface area contributed by atoms with Gasteiger partial charge in [0, 0.05) is 10.9 Å². The van der Waals surface area contributed by atoms with Crippen molar-refractivity contribution in [1.82, 2.24) is 0 Å². The summed E-state index contributed by atoms with van der Waals surface area (Å²) in [6.45, 7) is 2.98. The molecule has 0 N–H and O–H groups in total. The number of carbonyl (C=O) groups excluding carboxylic acids is 1. The van der Waals surface area contributed by atoms with E-state index in [4.69, 9.17) is 4.74 Å². The molecule has 0 saturated carbocycles. The number of hydrogen-bond acceptors (Lipinski definition) is 2. The van der Waals surface area contributed by atoms with Crippen LogP contribution in [0, 0.1) is 0 Å². The summed E-state index contributed by atoms with van der Waals surface area (Å²) in [5.41, 5.74) is 0.703. The molecule has 0 aliphatic carbocycles. The van der Waals surface area contributed by atoms with Crippen molar-refractivity contribution in [2.24, 2.45) is 0 Å². The summed E-state index contributed by atoms with van der Waals surface area (Å²) >= 11 is 0. The number of rotatable bonds is 8. The lowest BCUT2D eigenvalue weighted by Gasteiger charge is -2.09. The summed E-state index contributed by atoms with van der Waals surface area (Å²) in [6, 6.07) is 11.7. The first-order valence-electron chi connectivity index (χ1n) is 7.46. The second kappa shape index (κ2) is 7.68. The zero-order valence-corrected chi connectivity index (χ0v) is 12.1. The van der Waals surface area contributed by atoms with Crippen LogP contribution in [0.2, 0.25) is 0 Å². The third kappa shape index (κ3) is 3.83. The van der Waals surface area contributed by atoms with Crippen molar-refractivity contribution in [3.8, 4) is 5.75 Å². The molecule has 0 saturated heterocycles. The Morgan fingerprint density at radius 3 is 2.70 bits per heavy atom. The second-order valence-corrected chi connectivity index (χ2v) is 5.12. The van der Waals surface area contributed by atoms with Crippen LogP contribution in [0.3, 0.4) is 0 Å². The van der Waals surface area contributed by atoms with Gasteiger partial charge in [0.25, 0.3) is 0 Å². The normalized spacial score (nSPS) is 10.7. The highest BCUT2D eigenvalue weighted by molar-refractivity contribution is 5.92. The molecule has 106 valence electrons. The number of fused-ring (bicyclic) bond motifs is 1. The molecule has 0 spiro atoms. The minimum atomic E-state index is 0.703. The lowest BCUT2D eigenvalue weighted by Crippen LogP contribution is -1.98. The van der Waals surface area contributed by atoms with E-state index in [2.05, 4.69) is 6.92 Å². The number of unbranched alkanes of at least 4 members (excludes halogenated alkanes) is 4. The minimum absolute atomic E-state index is 0.703. The smallest absolute Gasteiger partial charge is 0.150 e. The van der Waals surface area contributed by atoms with E-state index in [-0.39, 0.29) is 0 Å². The van der Waals surface area contributed by atoms with Crippen LogP contribution in [0.25, 0.3) is 10.8 Å². The molecule has 2 nitrogen and oxygen atoms in total. The monoisotopic (exact) mass is 270 g/mol. The van der Waals surface area contributed by atoms with Gasteiger partial charge >= 0.3 is 0 Å². The summed E-state index contributed by atoms with van der Waals surface area (Å²) in [6.07, 6.45) is 7.07. The van der Waals surface area contributed by atoms with E-state index in [1.807, 2.05) is 36.4 Å². The highest BCUT2D eigenvalue weighted by Gasteiger charge is 2.02. The van der Waals surface area contributed by atoms with Crippen LogP contribution in [0.15, 0.2) is 36.4 Å². The van der Waals surface area contributed by atoms with Crippen LogP contribution in [0.4, 0.5) is 0 Å². The van der Waals surface area contributed by atoms with Gasteiger partial charge in [0.05, 0.1) is 6.61 Å². The Bertz CT molecular complexity index is 560. The van der Waals surface area contributed by atoms with E-state index >= 15 is 0 Å². The number of benzene rings is 2. The summed E-state index contributed by atoms with van der Waals surface area (Å²) in [7, 11) is 0. The number of ether oxygens (including phenoxy) is 1. The SMILES string of the molecule is CCCCCCCOc1cccc2cc(C=O)ccc12. The fourth-order valence-corrected chi connectivity index (χ4v) is 2.36. The number of carbonyl (C=O) groups is 1. The predicted molar refractivity (Wildman–Crippen MR) is 83.6 cm³/mol. The first-order chi connectivity index (χ1) is 9.85. The van der Waals surface area contributed by atoms with E-state index in [1.54, 1.807) is 0 Å². The molecule has 2 heteroatoms. The van der Waals surface area contributed by atoms with Crippen molar-refractivity contribution >= 4 is 17.1 Å². The Morgan fingerprint density at radius 2 is 1.90 bits per heavy atom. The van der Waals surface area contributed by atoms with Gasteiger partial charge in [0.2, 0.25) is 0 Å². The minimum Gasteiger partial charge on any atom is -0.493 e. The molecule has 0 atom stereocenters. The van der Waals surface area contributed by atoms with Crippen LogP contribution >= 0.6 is 0 Å². The molecule has 0 unspecified atom stereocenters. The first-order valence-corrected chi connectivity index (χ1v) is 7.46. The maximum absolute atomic E-state index is 10.8. The van der Waals surface area contributed by atoms with Crippen LogP contribution in [0.5, 0.6) is 5.75 Å². The first kappa shape index (κ1) is 14.6. The standard InChI is InChI=1S/C18H22O2/c1-2-3-4-5-6-12-20-18-9-7-8-16-13-15(14-19)10-11-17(16)18/h7-11,13-14H,2-6,12H2,1H3. The summed E-state index contributed by atoms with van der Waals surface area (Å²) in [4.78, 5) is 10.8. The predicted octanol–water partition coefficient (Wildman–Crippen LogP) is 5.00. The second-order valence-electron chi connectivity index (χ2n) is 5.12. The van der Waals surface area contributed by atoms with E-state index in [0.717, 1.165) is 35.8 Å². The van der Waals surface area contributed by atoms with Crippen LogP contribution in [-0.4, -0.2) is 12.9 Å². The molecular formula is C18H22O2. The molecule has 0 aromatic heterocycles. The average Bonchev–Trinajstić information content (AvgIpc) is 2.50. The average molecular weight is 270 g/mol. The van der Waals surface area contributed by atoms with Gasteiger partial charge < -0.3 is 4.74 Å². The Labute approximate surface area is 120 Å². The van der Waals surface area contributed by atoms with Gasteiger partial charge in [0.15, 0.2) is 0 Å². The van der Waals surface area contributed by atoms with E-state index in [9.17, 15) is 4.79 Å². The molecule has 20 heavy (non-hydrogen) atoms. The largest absolute Gasteiger partial charge is 0.493 e. The van der Waals surface area contributed by atoms with E-state index in [0.29, 0.717) is 5.56 Å². The molecule has 0 amide bonds. The lowest BCUT2D eigenvalue weighted by molar-refractivity contribution is 0.112. The molecule has 0 radical (unpaired) electrons. The van der Waals surface area contributed by atoms with Crippen molar-refractivity contribution in [2.45, 2.75) is 39.0 Å². The van der Waals surface area contributed by atoms with Gasteiger partial charge in [-0.1, -0.05) is 50.8 Å². The van der Waals surface area contributed by atoms with Crippen molar-refractivity contribution < 1.29 is 9.53 Å². The third-order valence-electron chi connectivity index (χ3n) is 3.51. The fraction of sp³-hybridized carbons (Fsp3) is 0.389. The Kier molecular flexibility index (Phi) is 5.60. The molecule has 2 rings (SSSR count). The fourth-order valence-electron chi connectivity index (χ4n) is 2.36. The van der Waals surface area contributed by atoms with Crippen LogP contribution in [-0.2, 0) is 0 Å². The highest BCUT2D eigenvalue weighted by Crippen LogP contribution is 2.26. The van der Waals surface area contributed by atoms with Crippen LogP contribution < -0.4 is 4.74 Å². The maximum Gasteiger partial charge on any atom is 0.150 e. The Balaban J connectivity index is 1.98. The van der Waals surface area contributed by atoms with Gasteiger partial charge in [-0.2, -0.15) is 0 Å². The summed E-state index contributed by atoms with van der Waals surface area (Å²) in [5, 5.41) is 2.13. The molecular weight excluding hydrogens is 248 g/mol. The van der Waals surface area contributed by atoms with Gasteiger partial charge in [-0.25, -0.2) is 0 Å². The Morgan fingerprint density at radius 1 is 1.05 bits per heavy atom. The van der Waals surface area contributed by atoms with Crippen molar-refractivity contribution in [3.05, 3.63) is 42.0 Å². The van der Waals surface area contributed by atoms with E-state index in [1.165, 1.54) is 25.7 Å². The number of aldehydes is 1. The van der Waals surface area contributed by atoms with Gasteiger partial charge in [-0.3, -0.25) is 4.79 Å². The molecule has 2 aromatic rings. The quantitative estimate of drug-likeness (QED) is 0.498. The van der Waals surface area contributed by atoms with Crippen LogP contribution in [0.1, 0.15) is 49.4 Å².